The Hall–Kier alpha value is -2.47. The first kappa shape index (κ1) is 18.9. The number of hydrogen-bond donors (Lipinski definition) is 1. The number of ether oxygens (including phenoxy) is 1. The molecule has 0 aromatic heterocycles. The van der Waals surface area contributed by atoms with Crippen LogP contribution in [0, 0.1) is 0 Å². The lowest BCUT2D eigenvalue weighted by Gasteiger charge is -2.16. The maximum Gasteiger partial charge on any atom is 0.258 e. The van der Waals surface area contributed by atoms with Crippen molar-refractivity contribution in [1.29, 1.82) is 0 Å². The second-order valence-electron chi connectivity index (χ2n) is 5.51. The number of ketones is 1. The first-order valence-electron chi connectivity index (χ1n) is 7.71. The third-order valence-corrected chi connectivity index (χ3v) is 4.06. The first-order chi connectivity index (χ1) is 12.0. The van der Waals surface area contributed by atoms with E-state index in [1.807, 2.05) is 30.3 Å². The number of halogens is 1. The lowest BCUT2D eigenvalue weighted by Crippen LogP contribution is -2.43. The Morgan fingerprint density at radius 1 is 1.20 bits per heavy atom. The van der Waals surface area contributed by atoms with Crippen molar-refractivity contribution in [2.75, 3.05) is 6.61 Å². The molecule has 0 fully saturated rings. The van der Waals surface area contributed by atoms with Crippen molar-refractivity contribution >= 4 is 33.9 Å². The Labute approximate surface area is 154 Å². The van der Waals surface area contributed by atoms with Crippen molar-refractivity contribution in [2.24, 2.45) is 0 Å². The fraction of sp³-hybridized carbons (Fsp3) is 0.211. The summed E-state index contributed by atoms with van der Waals surface area (Å²) in [6, 6.07) is 13.8. The van der Waals surface area contributed by atoms with Crippen LogP contribution in [-0.4, -0.2) is 30.6 Å². The van der Waals surface area contributed by atoms with E-state index in [-0.39, 0.29) is 12.4 Å². The summed E-state index contributed by atoms with van der Waals surface area (Å²) in [7, 11) is 0. The third kappa shape index (κ3) is 5.83. The molecule has 25 heavy (non-hydrogen) atoms. The number of amides is 1. The molecule has 1 atom stereocenters. The largest absolute Gasteiger partial charge is 0.483 e. The fourth-order valence-electron chi connectivity index (χ4n) is 2.27. The first-order valence-corrected chi connectivity index (χ1v) is 8.50. The molecule has 0 aliphatic carbocycles. The van der Waals surface area contributed by atoms with Crippen molar-refractivity contribution in [2.45, 2.75) is 19.4 Å². The zero-order chi connectivity index (χ0) is 18.2. The number of nitrogens with one attached hydrogen (secondary N) is 1. The van der Waals surface area contributed by atoms with Crippen LogP contribution in [0.4, 0.5) is 0 Å². The van der Waals surface area contributed by atoms with Crippen LogP contribution in [0.3, 0.4) is 0 Å². The highest BCUT2D eigenvalue weighted by Crippen LogP contribution is 2.21. The van der Waals surface area contributed by atoms with Gasteiger partial charge in [-0.05, 0) is 37.1 Å². The molecule has 0 aliphatic rings. The van der Waals surface area contributed by atoms with Gasteiger partial charge in [-0.3, -0.25) is 14.4 Å². The lowest BCUT2D eigenvalue weighted by molar-refractivity contribution is -0.128. The topological polar surface area (TPSA) is 72.5 Å². The molecule has 2 rings (SSSR count). The van der Waals surface area contributed by atoms with Gasteiger partial charge in [0, 0.05) is 4.47 Å². The normalized spacial score (nSPS) is 11.4. The summed E-state index contributed by atoms with van der Waals surface area (Å²) >= 11 is 3.27. The molecule has 5 nitrogen and oxygen atoms in total. The summed E-state index contributed by atoms with van der Waals surface area (Å²) in [6.07, 6.45) is 1.07. The van der Waals surface area contributed by atoms with Gasteiger partial charge < -0.3 is 10.1 Å². The maximum absolute atomic E-state index is 12.1. The number of rotatable bonds is 8. The number of hydrogen-bond acceptors (Lipinski definition) is 4. The Balaban J connectivity index is 1.95. The van der Waals surface area contributed by atoms with Crippen LogP contribution in [0.1, 0.15) is 22.8 Å². The minimum Gasteiger partial charge on any atom is -0.483 e. The monoisotopic (exact) mass is 403 g/mol. The van der Waals surface area contributed by atoms with E-state index in [1.54, 1.807) is 18.2 Å². The molecule has 0 bridgehead atoms. The minimum atomic E-state index is -0.617. The molecule has 0 heterocycles. The molecule has 0 saturated heterocycles. The quantitative estimate of drug-likeness (QED) is 0.687. The van der Waals surface area contributed by atoms with E-state index in [0.717, 1.165) is 10.0 Å². The number of carbonyl (C=O) groups is 3. The summed E-state index contributed by atoms with van der Waals surface area (Å²) in [6.45, 7) is 1.16. The average Bonchev–Trinajstić information content (AvgIpc) is 2.60. The standard InChI is InChI=1S/C19H18BrNO4/c1-13(23)17(9-14-5-3-2-4-6-14)21-19(24)12-25-18-8-7-16(20)10-15(18)11-22/h2-8,10-11,17H,9,12H2,1H3,(H,21,24)/t17-/m0/s1. The number of Topliss-reactive ketones (excluding diaryl/α,β-unsaturated/α-hetero) is 1. The average molecular weight is 404 g/mol. The van der Waals surface area contributed by atoms with Gasteiger partial charge in [0.1, 0.15) is 5.75 Å². The van der Waals surface area contributed by atoms with E-state index in [4.69, 9.17) is 4.74 Å². The van der Waals surface area contributed by atoms with Crippen LogP contribution in [0.2, 0.25) is 0 Å². The molecule has 2 aromatic rings. The van der Waals surface area contributed by atoms with E-state index in [9.17, 15) is 14.4 Å². The van der Waals surface area contributed by atoms with Gasteiger partial charge in [-0.25, -0.2) is 0 Å². The van der Waals surface area contributed by atoms with Gasteiger partial charge in [0.25, 0.3) is 5.91 Å². The van der Waals surface area contributed by atoms with Crippen molar-refractivity contribution in [3.05, 3.63) is 64.1 Å². The predicted molar refractivity (Wildman–Crippen MR) is 97.8 cm³/mol. The molecular weight excluding hydrogens is 386 g/mol. The van der Waals surface area contributed by atoms with E-state index in [1.165, 1.54) is 6.92 Å². The number of benzene rings is 2. The van der Waals surface area contributed by atoms with E-state index in [0.29, 0.717) is 24.0 Å². The van der Waals surface area contributed by atoms with Crippen LogP contribution in [-0.2, 0) is 16.0 Å². The van der Waals surface area contributed by atoms with E-state index < -0.39 is 11.9 Å². The Morgan fingerprint density at radius 2 is 1.92 bits per heavy atom. The highest BCUT2D eigenvalue weighted by atomic mass is 79.9. The summed E-state index contributed by atoms with van der Waals surface area (Å²) in [5.41, 5.74) is 1.30. The number of aldehydes is 1. The second-order valence-corrected chi connectivity index (χ2v) is 6.42. The maximum atomic E-state index is 12.1. The van der Waals surface area contributed by atoms with E-state index >= 15 is 0 Å². The Bertz CT molecular complexity index is 761. The fourth-order valence-corrected chi connectivity index (χ4v) is 2.65. The Morgan fingerprint density at radius 3 is 2.56 bits per heavy atom. The molecule has 6 heteroatoms. The highest BCUT2D eigenvalue weighted by molar-refractivity contribution is 9.10. The zero-order valence-corrected chi connectivity index (χ0v) is 15.3. The molecule has 0 spiro atoms. The molecule has 0 aliphatic heterocycles. The number of carbonyl (C=O) groups excluding carboxylic acids is 3. The van der Waals surface area contributed by atoms with Crippen LogP contribution >= 0.6 is 15.9 Å². The zero-order valence-electron chi connectivity index (χ0n) is 13.7. The molecule has 130 valence electrons. The summed E-state index contributed by atoms with van der Waals surface area (Å²) in [5, 5.41) is 2.67. The summed E-state index contributed by atoms with van der Waals surface area (Å²) in [5.74, 6) is -0.235. The molecule has 0 unspecified atom stereocenters. The molecular formula is C19H18BrNO4. The minimum absolute atomic E-state index is 0.130. The molecule has 0 radical (unpaired) electrons. The second kappa shape index (κ2) is 9.13. The van der Waals surface area contributed by atoms with Crippen molar-refractivity contribution < 1.29 is 19.1 Å². The molecule has 1 N–H and O–H groups in total. The Kier molecular flexibility index (Phi) is 6.89. The van der Waals surface area contributed by atoms with Crippen molar-refractivity contribution in [3.63, 3.8) is 0 Å². The molecule has 2 aromatic carbocycles. The van der Waals surface area contributed by atoms with E-state index in [2.05, 4.69) is 21.2 Å². The molecule has 1 amide bonds. The van der Waals surface area contributed by atoms with Gasteiger partial charge >= 0.3 is 0 Å². The SMILES string of the molecule is CC(=O)[C@H](Cc1ccccc1)NC(=O)COc1ccc(Br)cc1C=O. The predicted octanol–water partition coefficient (Wildman–Crippen LogP) is 2.96. The summed E-state index contributed by atoms with van der Waals surface area (Å²) < 4.78 is 6.14. The van der Waals surface area contributed by atoms with Crippen molar-refractivity contribution in [1.82, 2.24) is 5.32 Å². The highest BCUT2D eigenvalue weighted by Gasteiger charge is 2.18. The van der Waals surface area contributed by atoms with Crippen molar-refractivity contribution in [3.8, 4) is 5.75 Å². The van der Waals surface area contributed by atoms with Crippen LogP contribution in [0.25, 0.3) is 0 Å². The van der Waals surface area contributed by atoms with Gasteiger partial charge in [-0.1, -0.05) is 46.3 Å². The third-order valence-electron chi connectivity index (χ3n) is 3.57. The summed E-state index contributed by atoms with van der Waals surface area (Å²) in [4.78, 5) is 34.9. The van der Waals surface area contributed by atoms with Gasteiger partial charge in [-0.15, -0.1) is 0 Å². The van der Waals surface area contributed by atoms with Gasteiger partial charge in [0.05, 0.1) is 11.6 Å². The molecule has 0 saturated carbocycles. The van der Waals surface area contributed by atoms with Crippen LogP contribution < -0.4 is 10.1 Å². The smallest absolute Gasteiger partial charge is 0.258 e. The van der Waals surface area contributed by atoms with Gasteiger partial charge in [0.2, 0.25) is 0 Å². The van der Waals surface area contributed by atoms with Crippen LogP contribution in [0.15, 0.2) is 53.0 Å². The van der Waals surface area contributed by atoms with Gasteiger partial charge in [-0.2, -0.15) is 0 Å². The van der Waals surface area contributed by atoms with Gasteiger partial charge in [0.15, 0.2) is 18.7 Å². The lowest BCUT2D eigenvalue weighted by atomic mass is 10.0. The van der Waals surface area contributed by atoms with Crippen LogP contribution in [0.5, 0.6) is 5.75 Å².